The number of hydrogen-bond acceptors (Lipinski definition) is 1. The van der Waals surface area contributed by atoms with Crippen molar-refractivity contribution in [3.63, 3.8) is 0 Å². The highest BCUT2D eigenvalue weighted by atomic mass is 14.5. The quantitative estimate of drug-likeness (QED) is 0.439. The summed E-state index contributed by atoms with van der Waals surface area (Å²) in [5.41, 5.74) is 6.57. The lowest BCUT2D eigenvalue weighted by molar-refractivity contribution is 0.637. The van der Waals surface area contributed by atoms with E-state index in [0.29, 0.717) is 6.54 Å². The molecule has 0 atom stereocenters. The topological polar surface area (TPSA) is 26.0 Å². The van der Waals surface area contributed by atoms with Crippen LogP contribution in [0.15, 0.2) is 24.3 Å². The predicted molar refractivity (Wildman–Crippen MR) is 65.3 cm³/mol. The van der Waals surface area contributed by atoms with Gasteiger partial charge in [-0.2, -0.15) is 0 Å². The maximum atomic E-state index is 5.42. The van der Waals surface area contributed by atoms with Gasteiger partial charge in [-0.25, -0.2) is 0 Å². The van der Waals surface area contributed by atoms with Crippen LogP contribution < -0.4 is 5.73 Å². The van der Waals surface area contributed by atoms with E-state index in [0.717, 1.165) is 12.0 Å². The average Bonchev–Trinajstić information content (AvgIpc) is 2.17. The monoisotopic (exact) mass is 195 g/mol. The molecule has 0 unspecified atom stereocenters. The molecule has 0 aromatic rings. The van der Waals surface area contributed by atoms with Crippen LogP contribution in [-0.2, 0) is 0 Å². The molecule has 0 spiro atoms. The van der Waals surface area contributed by atoms with Crippen molar-refractivity contribution >= 4 is 0 Å². The van der Waals surface area contributed by atoms with E-state index in [9.17, 15) is 0 Å². The van der Waals surface area contributed by atoms with Crippen molar-refractivity contribution in [1.29, 1.82) is 0 Å². The largest absolute Gasteiger partial charge is 0.330 e. The number of hydrogen-bond donors (Lipinski definition) is 1. The maximum Gasteiger partial charge on any atom is -0.00369 e. The Bertz CT molecular complexity index is 159. The fourth-order valence-electron chi connectivity index (χ4n) is 1.38. The van der Waals surface area contributed by atoms with Gasteiger partial charge in [0.1, 0.15) is 0 Å². The van der Waals surface area contributed by atoms with Crippen LogP contribution in [0.25, 0.3) is 0 Å². The van der Waals surface area contributed by atoms with Gasteiger partial charge in [0.2, 0.25) is 0 Å². The average molecular weight is 195 g/mol. The van der Waals surface area contributed by atoms with E-state index in [1.807, 2.05) is 0 Å². The Morgan fingerprint density at radius 1 is 1.21 bits per heavy atom. The summed E-state index contributed by atoms with van der Waals surface area (Å²) >= 11 is 0. The van der Waals surface area contributed by atoms with E-state index >= 15 is 0 Å². The van der Waals surface area contributed by atoms with Crippen LogP contribution in [0.3, 0.4) is 0 Å². The maximum absolute atomic E-state index is 5.42. The standard InChI is InChI=1S/C13H25N/c1-3-4-5-6-7-8-9-10-13(2)11-12-14/h9-10H,2-8,11-12,14H2,1H3. The first kappa shape index (κ1) is 13.4. The molecule has 0 aliphatic carbocycles. The van der Waals surface area contributed by atoms with Gasteiger partial charge in [0.25, 0.3) is 0 Å². The molecule has 2 N–H and O–H groups in total. The van der Waals surface area contributed by atoms with Gasteiger partial charge in [0, 0.05) is 0 Å². The fraction of sp³-hybridized carbons (Fsp3) is 0.692. The normalized spacial score (nSPS) is 11.0. The van der Waals surface area contributed by atoms with E-state index in [-0.39, 0.29) is 0 Å². The summed E-state index contributed by atoms with van der Waals surface area (Å²) in [4.78, 5) is 0. The molecule has 0 aromatic heterocycles. The highest BCUT2D eigenvalue weighted by Gasteiger charge is 1.87. The van der Waals surface area contributed by atoms with Crippen LogP contribution in [0.1, 0.15) is 51.9 Å². The lowest BCUT2D eigenvalue weighted by atomic mass is 10.1. The zero-order chi connectivity index (χ0) is 10.6. The smallest absolute Gasteiger partial charge is 0.00369 e. The number of unbranched alkanes of at least 4 members (excludes halogenated alkanes) is 5. The molecule has 82 valence electrons. The summed E-state index contributed by atoms with van der Waals surface area (Å²) in [5.74, 6) is 0. The van der Waals surface area contributed by atoms with Crippen molar-refractivity contribution < 1.29 is 0 Å². The van der Waals surface area contributed by atoms with Gasteiger partial charge in [0.05, 0.1) is 0 Å². The lowest BCUT2D eigenvalue weighted by Gasteiger charge is -1.97. The highest BCUT2D eigenvalue weighted by Crippen LogP contribution is 2.06. The van der Waals surface area contributed by atoms with E-state index in [4.69, 9.17) is 5.73 Å². The second-order valence-corrected chi connectivity index (χ2v) is 3.80. The van der Waals surface area contributed by atoms with Gasteiger partial charge >= 0.3 is 0 Å². The Morgan fingerprint density at radius 3 is 2.57 bits per heavy atom. The summed E-state index contributed by atoms with van der Waals surface area (Å²) in [5, 5.41) is 0. The molecule has 0 aliphatic rings. The molecule has 14 heavy (non-hydrogen) atoms. The van der Waals surface area contributed by atoms with Crippen molar-refractivity contribution in [2.45, 2.75) is 51.9 Å². The summed E-state index contributed by atoms with van der Waals surface area (Å²) in [6.45, 7) is 6.88. The molecule has 0 rings (SSSR count). The lowest BCUT2D eigenvalue weighted by Crippen LogP contribution is -1.98. The molecular formula is C13H25N. The van der Waals surface area contributed by atoms with Crippen molar-refractivity contribution in [3.8, 4) is 0 Å². The minimum atomic E-state index is 0.708. The zero-order valence-electron chi connectivity index (χ0n) is 9.60. The molecule has 0 aliphatic heterocycles. The van der Waals surface area contributed by atoms with Crippen LogP contribution in [0, 0.1) is 0 Å². The molecule has 0 radical (unpaired) electrons. The van der Waals surface area contributed by atoms with Gasteiger partial charge in [-0.05, 0) is 25.8 Å². The second kappa shape index (κ2) is 10.5. The third-order valence-corrected chi connectivity index (χ3v) is 2.29. The Morgan fingerprint density at radius 2 is 1.93 bits per heavy atom. The highest BCUT2D eigenvalue weighted by molar-refractivity contribution is 5.14. The van der Waals surface area contributed by atoms with Crippen molar-refractivity contribution in [2.24, 2.45) is 5.73 Å². The molecule has 0 saturated heterocycles. The number of rotatable bonds is 9. The third kappa shape index (κ3) is 9.53. The minimum absolute atomic E-state index is 0.708. The fourth-order valence-corrected chi connectivity index (χ4v) is 1.38. The minimum Gasteiger partial charge on any atom is -0.330 e. The van der Waals surface area contributed by atoms with Gasteiger partial charge in [-0.3, -0.25) is 0 Å². The van der Waals surface area contributed by atoms with E-state index in [2.05, 4.69) is 25.7 Å². The summed E-state index contributed by atoms with van der Waals surface area (Å²) in [6, 6.07) is 0. The number of allylic oxidation sites excluding steroid dienone is 2. The van der Waals surface area contributed by atoms with Crippen LogP contribution in [-0.4, -0.2) is 6.54 Å². The van der Waals surface area contributed by atoms with Crippen molar-refractivity contribution in [1.82, 2.24) is 0 Å². The Balaban J connectivity index is 3.22. The SMILES string of the molecule is C=C(C=CCCCCCCC)CCN. The Kier molecular flexibility index (Phi) is 10.1. The summed E-state index contributed by atoms with van der Waals surface area (Å²) < 4.78 is 0. The molecule has 1 nitrogen and oxygen atoms in total. The molecule has 0 heterocycles. The number of nitrogens with two attached hydrogens (primary N) is 1. The van der Waals surface area contributed by atoms with E-state index < -0.39 is 0 Å². The molecule has 0 amide bonds. The van der Waals surface area contributed by atoms with Gasteiger partial charge < -0.3 is 5.73 Å². The first-order chi connectivity index (χ1) is 6.81. The predicted octanol–water partition coefficient (Wildman–Crippen LogP) is 3.81. The van der Waals surface area contributed by atoms with E-state index in [1.54, 1.807) is 0 Å². The molecule has 0 aromatic carbocycles. The summed E-state index contributed by atoms with van der Waals surface area (Å²) in [6.07, 6.45) is 13.2. The molecule has 1 heteroatoms. The first-order valence-corrected chi connectivity index (χ1v) is 5.85. The van der Waals surface area contributed by atoms with Crippen molar-refractivity contribution in [2.75, 3.05) is 6.54 Å². The second-order valence-electron chi connectivity index (χ2n) is 3.80. The Labute approximate surface area is 89.1 Å². The van der Waals surface area contributed by atoms with Gasteiger partial charge in [0.15, 0.2) is 0 Å². The van der Waals surface area contributed by atoms with Crippen LogP contribution in [0.5, 0.6) is 0 Å². The van der Waals surface area contributed by atoms with Crippen LogP contribution in [0.4, 0.5) is 0 Å². The zero-order valence-corrected chi connectivity index (χ0v) is 9.60. The van der Waals surface area contributed by atoms with Gasteiger partial charge in [-0.1, -0.05) is 56.9 Å². The third-order valence-electron chi connectivity index (χ3n) is 2.29. The molecular weight excluding hydrogens is 170 g/mol. The molecule has 0 bridgehead atoms. The first-order valence-electron chi connectivity index (χ1n) is 5.85. The van der Waals surface area contributed by atoms with Crippen LogP contribution in [0.2, 0.25) is 0 Å². The van der Waals surface area contributed by atoms with Gasteiger partial charge in [-0.15, -0.1) is 0 Å². The molecule has 0 fully saturated rings. The van der Waals surface area contributed by atoms with Crippen LogP contribution >= 0.6 is 0 Å². The summed E-state index contributed by atoms with van der Waals surface area (Å²) in [7, 11) is 0. The van der Waals surface area contributed by atoms with E-state index in [1.165, 1.54) is 38.5 Å². The Hall–Kier alpha value is -0.560. The molecule has 0 saturated carbocycles. The van der Waals surface area contributed by atoms with Crippen molar-refractivity contribution in [3.05, 3.63) is 24.3 Å².